The van der Waals surface area contributed by atoms with Crippen LogP contribution in [0.2, 0.25) is 0 Å². The van der Waals surface area contributed by atoms with Crippen LogP contribution in [0.4, 0.5) is 14.9 Å². The zero-order valence-electron chi connectivity index (χ0n) is 17.4. The number of carbonyl (C=O) groups excluding carboxylic acids is 2. The molecule has 1 aliphatic rings. The third-order valence-corrected chi connectivity index (χ3v) is 5.93. The number of hydrogen-bond acceptors (Lipinski definition) is 8. The van der Waals surface area contributed by atoms with E-state index in [2.05, 4.69) is 11.1 Å². The standard InChI is InChI=1S/C23H19FN4O4S/c24-20-9-17(28-11-18(32-23(28)30)12-31-21(29)10-26)5-6-19(20)14-1-3-15(4-2-14)22-27-16(7-8-25)13-33-22/h1-6,9,13,18H,7,10-12,26H2/t18-/m1/s1. The Morgan fingerprint density at radius 2 is 2.06 bits per heavy atom. The van der Waals surface area contributed by atoms with Crippen molar-refractivity contribution < 1.29 is 23.5 Å². The minimum absolute atomic E-state index is 0.109. The summed E-state index contributed by atoms with van der Waals surface area (Å²) < 4.78 is 25.0. The fourth-order valence-corrected chi connectivity index (χ4v) is 4.19. The highest BCUT2D eigenvalue weighted by molar-refractivity contribution is 7.13. The van der Waals surface area contributed by atoms with Crippen LogP contribution in [0.15, 0.2) is 47.8 Å². The summed E-state index contributed by atoms with van der Waals surface area (Å²) in [4.78, 5) is 29.1. The van der Waals surface area contributed by atoms with Crippen molar-refractivity contribution in [3.63, 3.8) is 0 Å². The van der Waals surface area contributed by atoms with Crippen LogP contribution in [0.5, 0.6) is 0 Å². The van der Waals surface area contributed by atoms with Crippen molar-refractivity contribution in [3.05, 3.63) is 59.4 Å². The van der Waals surface area contributed by atoms with E-state index in [1.807, 2.05) is 17.5 Å². The summed E-state index contributed by atoms with van der Waals surface area (Å²) in [6.45, 7) is -0.238. The highest BCUT2D eigenvalue weighted by atomic mass is 32.1. The van der Waals surface area contributed by atoms with Gasteiger partial charge < -0.3 is 15.2 Å². The summed E-state index contributed by atoms with van der Waals surface area (Å²) in [6.07, 6.45) is -1.03. The van der Waals surface area contributed by atoms with Gasteiger partial charge in [-0.05, 0) is 23.8 Å². The number of carbonyl (C=O) groups is 2. The van der Waals surface area contributed by atoms with Gasteiger partial charge in [0, 0.05) is 16.5 Å². The van der Waals surface area contributed by atoms with E-state index in [4.69, 9.17) is 20.5 Å². The van der Waals surface area contributed by atoms with Gasteiger partial charge in [-0.3, -0.25) is 9.69 Å². The molecule has 2 heterocycles. The lowest BCUT2D eigenvalue weighted by molar-refractivity contribution is -0.144. The molecule has 168 valence electrons. The number of nitrogens with two attached hydrogens (primary N) is 1. The number of anilines is 1. The Bertz CT molecular complexity index is 1220. The van der Waals surface area contributed by atoms with Gasteiger partial charge in [0.2, 0.25) is 0 Å². The summed E-state index contributed by atoms with van der Waals surface area (Å²) >= 11 is 1.45. The quantitative estimate of drug-likeness (QED) is 0.529. The molecule has 8 nitrogen and oxygen atoms in total. The predicted octanol–water partition coefficient (Wildman–Crippen LogP) is 3.51. The van der Waals surface area contributed by atoms with E-state index in [1.165, 1.54) is 22.3 Å². The van der Waals surface area contributed by atoms with Crippen LogP contribution in [0.1, 0.15) is 5.69 Å². The smallest absolute Gasteiger partial charge is 0.414 e. The summed E-state index contributed by atoms with van der Waals surface area (Å²) in [5, 5.41) is 11.4. The molecule has 1 saturated heterocycles. The average Bonchev–Trinajstić information content (AvgIpc) is 3.44. The van der Waals surface area contributed by atoms with Gasteiger partial charge in [-0.1, -0.05) is 24.3 Å². The van der Waals surface area contributed by atoms with Crippen molar-refractivity contribution in [2.24, 2.45) is 5.73 Å². The van der Waals surface area contributed by atoms with Gasteiger partial charge in [0.25, 0.3) is 0 Å². The van der Waals surface area contributed by atoms with Gasteiger partial charge in [-0.25, -0.2) is 14.2 Å². The molecule has 1 fully saturated rings. The van der Waals surface area contributed by atoms with Gasteiger partial charge in [-0.2, -0.15) is 5.26 Å². The van der Waals surface area contributed by atoms with E-state index in [0.717, 1.165) is 16.3 Å². The van der Waals surface area contributed by atoms with Crippen LogP contribution in [0, 0.1) is 17.1 Å². The monoisotopic (exact) mass is 466 g/mol. The third-order valence-electron chi connectivity index (χ3n) is 4.99. The summed E-state index contributed by atoms with van der Waals surface area (Å²) in [5.74, 6) is -1.08. The molecule has 2 N–H and O–H groups in total. The molecule has 0 radical (unpaired) electrons. The molecule has 1 amide bonds. The number of ether oxygens (including phenoxy) is 2. The van der Waals surface area contributed by atoms with Crippen LogP contribution in [-0.2, 0) is 20.7 Å². The van der Waals surface area contributed by atoms with Crippen molar-refractivity contribution in [2.75, 3.05) is 24.6 Å². The molecule has 2 aromatic carbocycles. The molecule has 33 heavy (non-hydrogen) atoms. The minimum Gasteiger partial charge on any atom is -0.461 e. The van der Waals surface area contributed by atoms with E-state index in [1.54, 1.807) is 24.3 Å². The van der Waals surface area contributed by atoms with Crippen LogP contribution in [0.25, 0.3) is 21.7 Å². The van der Waals surface area contributed by atoms with E-state index in [0.29, 0.717) is 16.8 Å². The first-order valence-electron chi connectivity index (χ1n) is 10.0. The second-order valence-corrected chi connectivity index (χ2v) is 8.08. The number of thiazole rings is 1. The molecule has 0 bridgehead atoms. The lowest BCUT2D eigenvalue weighted by Crippen LogP contribution is -2.28. The number of halogens is 1. The van der Waals surface area contributed by atoms with Crippen LogP contribution >= 0.6 is 11.3 Å². The molecule has 10 heteroatoms. The first kappa shape index (κ1) is 22.4. The highest BCUT2D eigenvalue weighted by Gasteiger charge is 2.33. The van der Waals surface area contributed by atoms with Crippen LogP contribution in [0.3, 0.4) is 0 Å². The van der Waals surface area contributed by atoms with Gasteiger partial charge in [0.15, 0.2) is 6.10 Å². The first-order valence-corrected chi connectivity index (χ1v) is 10.9. The number of esters is 1. The lowest BCUT2D eigenvalue weighted by atomic mass is 10.0. The Labute approximate surface area is 193 Å². The number of benzene rings is 2. The van der Waals surface area contributed by atoms with E-state index in [9.17, 15) is 14.0 Å². The van der Waals surface area contributed by atoms with E-state index in [-0.39, 0.29) is 26.1 Å². The molecular weight excluding hydrogens is 447 g/mol. The topological polar surface area (TPSA) is 119 Å². The predicted molar refractivity (Wildman–Crippen MR) is 120 cm³/mol. The molecule has 0 aliphatic carbocycles. The number of cyclic esters (lactones) is 1. The average molecular weight is 466 g/mol. The normalized spacial score (nSPS) is 15.2. The van der Waals surface area contributed by atoms with E-state index >= 15 is 0 Å². The number of amides is 1. The van der Waals surface area contributed by atoms with Crippen molar-refractivity contribution >= 4 is 29.1 Å². The van der Waals surface area contributed by atoms with E-state index < -0.39 is 24.0 Å². The third kappa shape index (κ3) is 5.00. The van der Waals surface area contributed by atoms with Gasteiger partial charge in [-0.15, -0.1) is 11.3 Å². The Morgan fingerprint density at radius 1 is 1.30 bits per heavy atom. The van der Waals surface area contributed by atoms with Crippen molar-refractivity contribution in [1.29, 1.82) is 5.26 Å². The molecule has 0 unspecified atom stereocenters. The first-order chi connectivity index (χ1) is 16.0. The maximum absolute atomic E-state index is 14.9. The highest BCUT2D eigenvalue weighted by Crippen LogP contribution is 2.31. The fraction of sp³-hybridized carbons (Fsp3) is 0.217. The van der Waals surface area contributed by atoms with Gasteiger partial charge in [0.05, 0.1) is 37.0 Å². The Morgan fingerprint density at radius 3 is 2.76 bits per heavy atom. The Kier molecular flexibility index (Phi) is 6.63. The van der Waals surface area contributed by atoms with Crippen molar-refractivity contribution in [1.82, 2.24) is 4.98 Å². The second-order valence-electron chi connectivity index (χ2n) is 7.22. The number of nitriles is 1. The van der Waals surface area contributed by atoms with Gasteiger partial charge >= 0.3 is 12.1 Å². The summed E-state index contributed by atoms with van der Waals surface area (Å²) in [6, 6.07) is 13.9. The van der Waals surface area contributed by atoms with Crippen LogP contribution < -0.4 is 10.6 Å². The molecule has 1 aliphatic heterocycles. The number of hydrogen-bond donors (Lipinski definition) is 1. The molecular formula is C23H19FN4O4S. The van der Waals surface area contributed by atoms with Crippen molar-refractivity contribution in [3.8, 4) is 27.8 Å². The molecule has 1 atom stereocenters. The maximum Gasteiger partial charge on any atom is 0.414 e. The largest absolute Gasteiger partial charge is 0.461 e. The number of nitrogens with zero attached hydrogens (tertiary/aromatic N) is 3. The Hall–Kier alpha value is -3.81. The maximum atomic E-state index is 14.9. The molecule has 4 rings (SSSR count). The second kappa shape index (κ2) is 9.77. The SMILES string of the molecule is N#CCc1csc(-c2ccc(-c3ccc(N4C[C@H](COC(=O)CN)OC4=O)cc3F)cc2)n1. The molecule has 3 aromatic rings. The fourth-order valence-electron chi connectivity index (χ4n) is 3.36. The minimum atomic E-state index is -0.650. The molecule has 1 aromatic heterocycles. The Balaban J connectivity index is 1.47. The number of rotatable bonds is 7. The van der Waals surface area contributed by atoms with Crippen LogP contribution in [-0.4, -0.2) is 42.8 Å². The number of aromatic nitrogens is 1. The van der Waals surface area contributed by atoms with Gasteiger partial charge in [0.1, 0.15) is 17.4 Å². The van der Waals surface area contributed by atoms with Crippen molar-refractivity contribution in [2.45, 2.75) is 12.5 Å². The molecule has 0 saturated carbocycles. The summed E-state index contributed by atoms with van der Waals surface area (Å²) in [7, 11) is 0. The summed E-state index contributed by atoms with van der Waals surface area (Å²) in [5.41, 5.74) is 8.19. The lowest BCUT2D eigenvalue weighted by Gasteiger charge is -2.14. The molecule has 0 spiro atoms. The zero-order valence-corrected chi connectivity index (χ0v) is 18.2. The zero-order chi connectivity index (χ0) is 23.4.